The van der Waals surface area contributed by atoms with E-state index in [9.17, 15) is 13.2 Å². The molecule has 1 fully saturated rings. The second kappa shape index (κ2) is 10.7. The molecule has 2 aromatic carbocycles. The van der Waals surface area contributed by atoms with E-state index >= 15 is 0 Å². The number of hydrogen-bond acceptors (Lipinski definition) is 6. The van der Waals surface area contributed by atoms with Crippen molar-refractivity contribution in [3.63, 3.8) is 0 Å². The zero-order valence-corrected chi connectivity index (χ0v) is 19.7. The number of carbonyl (C=O) groups excluding carboxylic acids is 1. The van der Waals surface area contributed by atoms with Gasteiger partial charge in [-0.2, -0.15) is 0 Å². The molecule has 2 aromatic rings. The Balaban J connectivity index is 1.81. The summed E-state index contributed by atoms with van der Waals surface area (Å²) in [6.45, 7) is 6.82. The van der Waals surface area contributed by atoms with Gasteiger partial charge in [0.05, 0.1) is 30.0 Å². The van der Waals surface area contributed by atoms with Crippen molar-refractivity contribution in [3.05, 3.63) is 42.0 Å². The fourth-order valence-electron chi connectivity index (χ4n) is 3.84. The van der Waals surface area contributed by atoms with Crippen molar-refractivity contribution >= 4 is 21.4 Å². The van der Waals surface area contributed by atoms with Crippen LogP contribution in [0.15, 0.2) is 41.3 Å². The van der Waals surface area contributed by atoms with Crippen LogP contribution < -0.4 is 19.5 Å². The van der Waals surface area contributed by atoms with Crippen LogP contribution in [-0.2, 0) is 9.84 Å². The van der Waals surface area contributed by atoms with E-state index in [4.69, 9.17) is 14.2 Å². The van der Waals surface area contributed by atoms with Gasteiger partial charge in [0.15, 0.2) is 21.3 Å². The molecule has 1 N–H and O–H groups in total. The third kappa shape index (κ3) is 5.35. The van der Waals surface area contributed by atoms with Crippen LogP contribution in [0.1, 0.15) is 56.8 Å². The van der Waals surface area contributed by atoms with Crippen molar-refractivity contribution in [1.82, 2.24) is 0 Å². The number of hydrogen-bond donors (Lipinski definition) is 1. The molecule has 1 aliphatic rings. The average molecular weight is 462 g/mol. The zero-order valence-electron chi connectivity index (χ0n) is 18.8. The minimum absolute atomic E-state index is 0.292. The molecule has 0 aromatic heterocycles. The molecule has 174 valence electrons. The van der Waals surface area contributed by atoms with Crippen LogP contribution in [0, 0.1) is 0 Å². The molecule has 0 heterocycles. The van der Waals surface area contributed by atoms with Crippen molar-refractivity contribution in [2.75, 3.05) is 25.1 Å². The molecular weight excluding hydrogens is 430 g/mol. The van der Waals surface area contributed by atoms with Gasteiger partial charge in [-0.1, -0.05) is 12.8 Å². The van der Waals surface area contributed by atoms with Gasteiger partial charge in [0.25, 0.3) is 5.91 Å². The Bertz CT molecular complexity index is 1000. The summed E-state index contributed by atoms with van der Waals surface area (Å²) >= 11 is 0. The summed E-state index contributed by atoms with van der Waals surface area (Å²) < 4.78 is 42.5. The van der Waals surface area contributed by atoms with Gasteiger partial charge in [-0.25, -0.2) is 8.42 Å². The number of nitrogens with one attached hydrogen (secondary N) is 1. The Morgan fingerprint density at radius 2 is 1.44 bits per heavy atom. The van der Waals surface area contributed by atoms with E-state index in [0.29, 0.717) is 66.1 Å². The quantitative estimate of drug-likeness (QED) is 0.544. The normalized spacial score (nSPS) is 14.2. The van der Waals surface area contributed by atoms with Crippen LogP contribution >= 0.6 is 0 Å². The smallest absolute Gasteiger partial charge is 0.255 e. The van der Waals surface area contributed by atoms with Crippen LogP contribution in [0.3, 0.4) is 0 Å². The lowest BCUT2D eigenvalue weighted by molar-refractivity contribution is 0.102. The van der Waals surface area contributed by atoms with Crippen molar-refractivity contribution in [2.24, 2.45) is 0 Å². The summed E-state index contributed by atoms with van der Waals surface area (Å²) in [5, 5.41) is 2.51. The van der Waals surface area contributed by atoms with Crippen LogP contribution in [0.4, 0.5) is 5.69 Å². The van der Waals surface area contributed by atoms with Crippen LogP contribution in [0.2, 0.25) is 0 Å². The monoisotopic (exact) mass is 461 g/mol. The first-order valence-corrected chi connectivity index (χ1v) is 12.7. The van der Waals surface area contributed by atoms with Gasteiger partial charge < -0.3 is 19.5 Å². The molecule has 0 bridgehead atoms. The summed E-state index contributed by atoms with van der Waals surface area (Å²) in [5.41, 5.74) is 0.855. The van der Waals surface area contributed by atoms with Gasteiger partial charge in [-0.3, -0.25) is 4.79 Å². The maximum atomic E-state index is 12.9. The Morgan fingerprint density at radius 1 is 0.906 bits per heavy atom. The fourth-order valence-corrected chi connectivity index (χ4v) is 5.70. The summed E-state index contributed by atoms with van der Waals surface area (Å²) in [6, 6.07) is 9.57. The molecular formula is C24H31NO6S. The van der Waals surface area contributed by atoms with Crippen molar-refractivity contribution in [3.8, 4) is 17.2 Å². The predicted molar refractivity (Wildman–Crippen MR) is 124 cm³/mol. The number of sulfone groups is 1. The highest BCUT2D eigenvalue weighted by molar-refractivity contribution is 7.92. The molecule has 1 saturated carbocycles. The van der Waals surface area contributed by atoms with Crippen LogP contribution in [0.5, 0.6) is 17.2 Å². The van der Waals surface area contributed by atoms with Crippen LogP contribution in [-0.4, -0.2) is 39.4 Å². The van der Waals surface area contributed by atoms with Crippen molar-refractivity contribution < 1.29 is 27.4 Å². The van der Waals surface area contributed by atoms with Gasteiger partial charge in [-0.15, -0.1) is 0 Å². The molecule has 8 heteroatoms. The number of carbonyl (C=O) groups is 1. The van der Waals surface area contributed by atoms with Gasteiger partial charge in [0.1, 0.15) is 0 Å². The minimum atomic E-state index is -3.33. The van der Waals surface area contributed by atoms with Gasteiger partial charge >= 0.3 is 0 Å². The zero-order chi connectivity index (χ0) is 23.1. The highest BCUT2D eigenvalue weighted by Gasteiger charge is 2.30. The fraction of sp³-hybridized carbons (Fsp3) is 0.458. The maximum Gasteiger partial charge on any atom is 0.255 e. The van der Waals surface area contributed by atoms with Crippen LogP contribution in [0.25, 0.3) is 0 Å². The summed E-state index contributed by atoms with van der Waals surface area (Å²) in [6.07, 6.45) is 3.33. The highest BCUT2D eigenvalue weighted by atomic mass is 32.2. The van der Waals surface area contributed by atoms with E-state index in [0.717, 1.165) is 12.8 Å². The third-order valence-corrected chi connectivity index (χ3v) is 7.63. The van der Waals surface area contributed by atoms with E-state index < -0.39 is 9.84 Å². The summed E-state index contributed by atoms with van der Waals surface area (Å²) in [7, 11) is -3.33. The number of ether oxygens (including phenoxy) is 3. The number of anilines is 1. The third-order valence-electron chi connectivity index (χ3n) is 5.35. The molecule has 3 rings (SSSR count). The second-order valence-electron chi connectivity index (χ2n) is 7.53. The molecule has 1 aliphatic carbocycles. The maximum absolute atomic E-state index is 12.9. The highest BCUT2D eigenvalue weighted by Crippen LogP contribution is 2.39. The molecule has 7 nitrogen and oxygen atoms in total. The standard InChI is InChI=1S/C24H31NO6S/c1-4-29-21-15-17(16-22(30-5-2)23(21)31-6-3)24(26)25-18-11-13-20(14-12-18)32(27,28)19-9-7-8-10-19/h11-16,19H,4-10H2,1-3H3,(H,25,26). The summed E-state index contributed by atoms with van der Waals surface area (Å²) in [4.78, 5) is 13.2. The molecule has 0 unspecified atom stereocenters. The molecule has 0 atom stereocenters. The molecule has 0 aliphatic heterocycles. The van der Waals surface area contributed by atoms with E-state index in [1.165, 1.54) is 0 Å². The lowest BCUT2D eigenvalue weighted by Crippen LogP contribution is -2.18. The van der Waals surface area contributed by atoms with E-state index in [1.54, 1.807) is 36.4 Å². The Kier molecular flexibility index (Phi) is 8.01. The Morgan fingerprint density at radius 3 is 1.94 bits per heavy atom. The summed E-state index contributed by atoms with van der Waals surface area (Å²) in [5.74, 6) is 0.975. The number of rotatable bonds is 10. The number of benzene rings is 2. The van der Waals surface area contributed by atoms with E-state index in [1.807, 2.05) is 20.8 Å². The van der Waals surface area contributed by atoms with Gasteiger partial charge in [0.2, 0.25) is 5.75 Å². The molecule has 0 radical (unpaired) electrons. The molecule has 0 saturated heterocycles. The largest absolute Gasteiger partial charge is 0.490 e. The SMILES string of the molecule is CCOc1cc(C(=O)Nc2ccc(S(=O)(=O)C3CCCC3)cc2)cc(OCC)c1OCC. The molecule has 0 spiro atoms. The van der Waals surface area contributed by atoms with Crippen molar-refractivity contribution in [2.45, 2.75) is 56.6 Å². The van der Waals surface area contributed by atoms with Gasteiger partial charge in [0, 0.05) is 11.3 Å². The van der Waals surface area contributed by atoms with E-state index in [2.05, 4.69) is 5.32 Å². The van der Waals surface area contributed by atoms with Crippen molar-refractivity contribution in [1.29, 1.82) is 0 Å². The Labute approximate surface area is 190 Å². The topological polar surface area (TPSA) is 90.9 Å². The van der Waals surface area contributed by atoms with E-state index in [-0.39, 0.29) is 11.2 Å². The predicted octanol–water partition coefficient (Wildman–Crippen LogP) is 4.85. The first kappa shape index (κ1) is 23.9. The average Bonchev–Trinajstić information content (AvgIpc) is 3.32. The second-order valence-corrected chi connectivity index (χ2v) is 9.76. The lowest BCUT2D eigenvalue weighted by atomic mass is 10.1. The first-order valence-electron chi connectivity index (χ1n) is 11.1. The minimum Gasteiger partial charge on any atom is -0.490 e. The molecule has 1 amide bonds. The Hall–Kier alpha value is -2.74. The lowest BCUT2D eigenvalue weighted by Gasteiger charge is -2.17. The molecule has 32 heavy (non-hydrogen) atoms. The van der Waals surface area contributed by atoms with Gasteiger partial charge in [-0.05, 0) is 70.0 Å². The first-order chi connectivity index (χ1) is 15.4. The number of amides is 1.